The number of nitrogens with two attached hydrogens (primary N) is 1. The quantitative estimate of drug-likeness (QED) is 0.683. The lowest BCUT2D eigenvalue weighted by atomic mass is 9.73. The second-order valence-electron chi connectivity index (χ2n) is 5.49. The van der Waals surface area contributed by atoms with Gasteiger partial charge in [-0.25, -0.2) is 0 Å². The van der Waals surface area contributed by atoms with Crippen molar-refractivity contribution in [2.45, 2.75) is 37.8 Å². The normalized spacial score (nSPS) is 28.8. The van der Waals surface area contributed by atoms with Crippen LogP contribution in [0.15, 0.2) is 0 Å². The van der Waals surface area contributed by atoms with Crippen LogP contribution in [0.1, 0.15) is 26.2 Å². The summed E-state index contributed by atoms with van der Waals surface area (Å²) in [6.07, 6.45) is 3.82. The van der Waals surface area contributed by atoms with Gasteiger partial charge in [0.05, 0.1) is 6.10 Å². The highest BCUT2D eigenvalue weighted by Gasteiger charge is 2.46. The first-order valence-electron chi connectivity index (χ1n) is 6.71. The van der Waals surface area contributed by atoms with Crippen LogP contribution >= 0.6 is 0 Å². The number of rotatable bonds is 8. The van der Waals surface area contributed by atoms with Gasteiger partial charge < -0.3 is 15.4 Å². The van der Waals surface area contributed by atoms with Crippen molar-refractivity contribution in [1.82, 2.24) is 9.80 Å². The Morgan fingerprint density at radius 3 is 2.35 bits per heavy atom. The minimum Gasteiger partial charge on any atom is -0.378 e. The van der Waals surface area contributed by atoms with Gasteiger partial charge in [-0.1, -0.05) is 0 Å². The van der Waals surface area contributed by atoms with Gasteiger partial charge in [-0.05, 0) is 60.4 Å². The molecule has 0 saturated heterocycles. The average molecular weight is 243 g/mol. The van der Waals surface area contributed by atoms with E-state index in [2.05, 4.69) is 37.9 Å². The Morgan fingerprint density at radius 2 is 1.88 bits per heavy atom. The van der Waals surface area contributed by atoms with Gasteiger partial charge in [0.25, 0.3) is 0 Å². The summed E-state index contributed by atoms with van der Waals surface area (Å²) in [5.41, 5.74) is 6.15. The SMILES string of the molecule is CCOC1CC(CN)(N(C)CCCN(C)C)C1. The summed E-state index contributed by atoms with van der Waals surface area (Å²) in [6.45, 7) is 5.88. The van der Waals surface area contributed by atoms with Gasteiger partial charge >= 0.3 is 0 Å². The van der Waals surface area contributed by atoms with Crippen molar-refractivity contribution < 1.29 is 4.74 Å². The molecule has 0 radical (unpaired) electrons. The maximum atomic E-state index is 5.95. The fraction of sp³-hybridized carbons (Fsp3) is 1.00. The average Bonchev–Trinajstić information content (AvgIpc) is 2.22. The third-order valence-corrected chi connectivity index (χ3v) is 3.91. The summed E-state index contributed by atoms with van der Waals surface area (Å²) in [5.74, 6) is 0. The van der Waals surface area contributed by atoms with E-state index in [1.54, 1.807) is 0 Å². The van der Waals surface area contributed by atoms with Crippen molar-refractivity contribution in [3.63, 3.8) is 0 Å². The van der Waals surface area contributed by atoms with E-state index >= 15 is 0 Å². The zero-order chi connectivity index (χ0) is 12.9. The van der Waals surface area contributed by atoms with Crippen LogP contribution in [0.25, 0.3) is 0 Å². The second-order valence-corrected chi connectivity index (χ2v) is 5.49. The van der Waals surface area contributed by atoms with Crippen molar-refractivity contribution in [3.8, 4) is 0 Å². The minimum atomic E-state index is 0.201. The Hall–Kier alpha value is -0.160. The van der Waals surface area contributed by atoms with Crippen molar-refractivity contribution in [3.05, 3.63) is 0 Å². The van der Waals surface area contributed by atoms with Gasteiger partial charge in [-0.3, -0.25) is 4.90 Å². The molecule has 2 N–H and O–H groups in total. The topological polar surface area (TPSA) is 41.7 Å². The molecule has 102 valence electrons. The highest BCUT2D eigenvalue weighted by atomic mass is 16.5. The molecular formula is C13H29N3O. The molecule has 0 amide bonds. The maximum absolute atomic E-state index is 5.95. The van der Waals surface area contributed by atoms with Crippen LogP contribution in [0.2, 0.25) is 0 Å². The molecule has 0 aromatic heterocycles. The Balaban J connectivity index is 2.30. The molecule has 0 heterocycles. The van der Waals surface area contributed by atoms with E-state index < -0.39 is 0 Å². The van der Waals surface area contributed by atoms with Gasteiger partial charge in [0.1, 0.15) is 0 Å². The Morgan fingerprint density at radius 1 is 1.24 bits per heavy atom. The first-order chi connectivity index (χ1) is 8.04. The zero-order valence-electron chi connectivity index (χ0n) is 11.9. The first kappa shape index (κ1) is 14.9. The van der Waals surface area contributed by atoms with Gasteiger partial charge in [-0.2, -0.15) is 0 Å². The molecule has 1 aliphatic rings. The number of hydrogen-bond acceptors (Lipinski definition) is 4. The summed E-state index contributed by atoms with van der Waals surface area (Å²) in [4.78, 5) is 4.67. The molecule has 4 nitrogen and oxygen atoms in total. The van der Waals surface area contributed by atoms with Crippen molar-refractivity contribution in [2.24, 2.45) is 5.73 Å². The smallest absolute Gasteiger partial charge is 0.0611 e. The van der Waals surface area contributed by atoms with Gasteiger partial charge in [-0.15, -0.1) is 0 Å². The molecular weight excluding hydrogens is 214 g/mol. The van der Waals surface area contributed by atoms with Gasteiger partial charge in [0, 0.05) is 18.7 Å². The lowest BCUT2D eigenvalue weighted by Crippen LogP contribution is -2.63. The largest absolute Gasteiger partial charge is 0.378 e. The number of likely N-dealkylation sites (N-methyl/N-ethyl adjacent to an activating group) is 1. The van der Waals surface area contributed by atoms with E-state index in [1.807, 2.05) is 0 Å². The summed E-state index contributed by atoms with van der Waals surface area (Å²) < 4.78 is 5.64. The third-order valence-electron chi connectivity index (χ3n) is 3.91. The molecule has 1 rings (SSSR count). The zero-order valence-corrected chi connectivity index (χ0v) is 11.9. The van der Waals surface area contributed by atoms with Gasteiger partial charge in [0.15, 0.2) is 0 Å². The van der Waals surface area contributed by atoms with Gasteiger partial charge in [0.2, 0.25) is 0 Å². The maximum Gasteiger partial charge on any atom is 0.0611 e. The number of ether oxygens (including phenoxy) is 1. The van der Waals surface area contributed by atoms with Crippen molar-refractivity contribution >= 4 is 0 Å². The molecule has 0 aromatic rings. The van der Waals surface area contributed by atoms with E-state index in [1.165, 1.54) is 6.42 Å². The van der Waals surface area contributed by atoms with Crippen molar-refractivity contribution in [2.75, 3.05) is 47.4 Å². The van der Waals surface area contributed by atoms with E-state index in [0.717, 1.165) is 39.1 Å². The summed E-state index contributed by atoms with van der Waals surface area (Å²) in [7, 11) is 6.44. The highest BCUT2D eigenvalue weighted by molar-refractivity contribution is 5.03. The predicted molar refractivity (Wildman–Crippen MR) is 72.2 cm³/mol. The van der Waals surface area contributed by atoms with Crippen molar-refractivity contribution in [1.29, 1.82) is 0 Å². The highest BCUT2D eigenvalue weighted by Crippen LogP contribution is 2.38. The number of hydrogen-bond donors (Lipinski definition) is 1. The minimum absolute atomic E-state index is 0.201. The van der Waals surface area contributed by atoms with E-state index in [0.29, 0.717) is 6.10 Å². The molecule has 4 heteroatoms. The molecule has 0 spiro atoms. The molecule has 17 heavy (non-hydrogen) atoms. The van der Waals surface area contributed by atoms with Crippen LogP contribution in [-0.2, 0) is 4.74 Å². The molecule has 1 fully saturated rings. The molecule has 0 aliphatic heterocycles. The van der Waals surface area contributed by atoms with E-state index in [-0.39, 0.29) is 5.54 Å². The molecule has 1 saturated carbocycles. The Kier molecular flexibility index (Phi) is 5.86. The van der Waals surface area contributed by atoms with E-state index in [4.69, 9.17) is 10.5 Å². The predicted octanol–water partition coefficient (Wildman–Crippen LogP) is 0.766. The van der Waals surface area contributed by atoms with Crippen LogP contribution in [0.5, 0.6) is 0 Å². The second kappa shape index (κ2) is 6.69. The molecule has 0 atom stereocenters. The lowest BCUT2D eigenvalue weighted by Gasteiger charge is -2.52. The molecule has 0 aromatic carbocycles. The standard InChI is InChI=1S/C13H29N3O/c1-5-17-12-9-13(10-12,11-14)16(4)8-6-7-15(2)3/h12H,5-11,14H2,1-4H3. The summed E-state index contributed by atoms with van der Waals surface area (Å²) >= 11 is 0. The van der Waals surface area contributed by atoms with Crippen LogP contribution in [0.3, 0.4) is 0 Å². The summed E-state index contributed by atoms with van der Waals surface area (Å²) in [5, 5.41) is 0. The fourth-order valence-corrected chi connectivity index (χ4v) is 2.64. The Bertz CT molecular complexity index is 215. The lowest BCUT2D eigenvalue weighted by molar-refractivity contribution is -0.0925. The first-order valence-corrected chi connectivity index (χ1v) is 6.71. The summed E-state index contributed by atoms with van der Waals surface area (Å²) in [6, 6.07) is 0. The fourth-order valence-electron chi connectivity index (χ4n) is 2.64. The van der Waals surface area contributed by atoms with Crippen LogP contribution in [-0.4, -0.2) is 68.8 Å². The van der Waals surface area contributed by atoms with Crippen LogP contribution in [0, 0.1) is 0 Å². The molecule has 0 bridgehead atoms. The number of nitrogens with zero attached hydrogens (tertiary/aromatic N) is 2. The van der Waals surface area contributed by atoms with Crippen LogP contribution in [0.4, 0.5) is 0 Å². The Labute approximate surface area is 106 Å². The molecule has 0 unspecified atom stereocenters. The molecule has 1 aliphatic carbocycles. The third kappa shape index (κ3) is 3.91. The van der Waals surface area contributed by atoms with Crippen LogP contribution < -0.4 is 5.73 Å². The van der Waals surface area contributed by atoms with E-state index in [9.17, 15) is 0 Å². The monoisotopic (exact) mass is 243 g/mol.